The predicted molar refractivity (Wildman–Crippen MR) is 238 cm³/mol. The van der Waals surface area contributed by atoms with E-state index in [1.807, 2.05) is 92.4 Å². The van der Waals surface area contributed by atoms with Crippen molar-refractivity contribution < 1.29 is 13.9 Å². The Morgan fingerprint density at radius 1 is 0.683 bits per heavy atom. The molecule has 0 aliphatic carbocycles. The second kappa shape index (κ2) is 17.6. The molecule has 0 aliphatic heterocycles. The Balaban J connectivity index is 1.57. The number of hydrogen-bond acceptors (Lipinski definition) is 5. The summed E-state index contributed by atoms with van der Waals surface area (Å²) in [6, 6.07) is 64.9. The number of rotatable bonds is 14. The Morgan fingerprint density at radius 3 is 1.67 bits per heavy atom. The highest BCUT2D eigenvalue weighted by molar-refractivity contribution is 5.83. The Hall–Kier alpha value is -7.43. The van der Waals surface area contributed by atoms with Crippen LogP contribution < -0.4 is 14.4 Å². The molecule has 0 amide bonds. The van der Waals surface area contributed by atoms with Crippen LogP contribution in [0.4, 0.5) is 16.0 Å². The van der Waals surface area contributed by atoms with Gasteiger partial charge in [0.2, 0.25) is 5.95 Å². The summed E-state index contributed by atoms with van der Waals surface area (Å²) in [5.41, 5.74) is 6.95. The van der Waals surface area contributed by atoms with Crippen molar-refractivity contribution in [2.45, 2.75) is 39.0 Å². The number of hydrogen-bond donors (Lipinski definition) is 0. The van der Waals surface area contributed by atoms with Crippen molar-refractivity contribution in [3.05, 3.63) is 222 Å². The number of nitriles is 1. The summed E-state index contributed by atoms with van der Waals surface area (Å²) >= 11 is 0. The molecule has 0 saturated heterocycles. The SMILES string of the molecule is CCOc1cc(CN(c2ccc(C#N)cc2)c2nc(-c3ccccc3)c(-c3ccccc3)n2C(c2ccccc2)(c2ccccc2)c2ccccc2)c(F)c(OC(C)C)c1. The van der Waals surface area contributed by atoms with Crippen molar-refractivity contribution in [1.82, 2.24) is 9.55 Å². The van der Waals surface area contributed by atoms with Crippen LogP contribution in [-0.2, 0) is 12.1 Å². The number of benzene rings is 7. The van der Waals surface area contributed by atoms with Gasteiger partial charge in [0, 0.05) is 28.4 Å². The van der Waals surface area contributed by atoms with Crippen LogP contribution in [0.3, 0.4) is 0 Å². The summed E-state index contributed by atoms with van der Waals surface area (Å²) in [6.07, 6.45) is -0.275. The number of ether oxygens (including phenoxy) is 2. The number of nitrogens with zero attached hydrogens (tertiary/aromatic N) is 4. The minimum atomic E-state index is -1.05. The summed E-state index contributed by atoms with van der Waals surface area (Å²) in [7, 11) is 0. The van der Waals surface area contributed by atoms with Gasteiger partial charge in [0.1, 0.15) is 11.3 Å². The average molecular weight is 789 g/mol. The third-order valence-electron chi connectivity index (χ3n) is 10.5. The van der Waals surface area contributed by atoms with Crippen LogP contribution in [0.2, 0.25) is 0 Å². The molecule has 0 radical (unpaired) electrons. The van der Waals surface area contributed by atoms with Crippen LogP contribution in [0.15, 0.2) is 188 Å². The first kappa shape index (κ1) is 39.4. The van der Waals surface area contributed by atoms with Gasteiger partial charge < -0.3 is 14.4 Å². The van der Waals surface area contributed by atoms with E-state index >= 15 is 4.39 Å². The first-order valence-electron chi connectivity index (χ1n) is 20.2. The maximum atomic E-state index is 17.0. The van der Waals surface area contributed by atoms with E-state index in [9.17, 15) is 5.26 Å². The lowest BCUT2D eigenvalue weighted by molar-refractivity contribution is 0.228. The van der Waals surface area contributed by atoms with Gasteiger partial charge >= 0.3 is 0 Å². The number of imidazole rings is 1. The molecule has 0 unspecified atom stereocenters. The third kappa shape index (κ3) is 7.64. The molecule has 0 saturated carbocycles. The molecular weight excluding hydrogens is 744 g/mol. The van der Waals surface area contributed by atoms with Crippen molar-refractivity contribution in [3.63, 3.8) is 0 Å². The molecule has 0 spiro atoms. The lowest BCUT2D eigenvalue weighted by Gasteiger charge is -2.41. The zero-order chi connectivity index (χ0) is 41.5. The van der Waals surface area contributed by atoms with E-state index in [0.29, 0.717) is 35.1 Å². The van der Waals surface area contributed by atoms with Crippen molar-refractivity contribution >= 4 is 11.6 Å². The van der Waals surface area contributed by atoms with Crippen LogP contribution in [-0.4, -0.2) is 22.3 Å². The molecule has 0 aliphatic rings. The minimum absolute atomic E-state index is 0.0288. The van der Waals surface area contributed by atoms with Crippen LogP contribution in [0.1, 0.15) is 48.6 Å². The van der Waals surface area contributed by atoms with Crippen molar-refractivity contribution in [3.8, 4) is 40.1 Å². The molecule has 0 N–H and O–H groups in total. The summed E-state index contributed by atoms with van der Waals surface area (Å²) in [5.74, 6) is 0.656. The number of halogens is 1. The first-order valence-corrected chi connectivity index (χ1v) is 20.2. The molecule has 60 heavy (non-hydrogen) atoms. The largest absolute Gasteiger partial charge is 0.494 e. The van der Waals surface area contributed by atoms with Gasteiger partial charge in [-0.15, -0.1) is 0 Å². The maximum absolute atomic E-state index is 17.0. The topological polar surface area (TPSA) is 63.3 Å². The Labute approximate surface area is 351 Å². The molecule has 7 heteroatoms. The van der Waals surface area contributed by atoms with Gasteiger partial charge in [0.25, 0.3) is 0 Å². The maximum Gasteiger partial charge on any atom is 0.212 e. The molecule has 0 atom stereocenters. The van der Waals surface area contributed by atoms with Crippen LogP contribution in [0.5, 0.6) is 11.5 Å². The van der Waals surface area contributed by atoms with E-state index in [0.717, 1.165) is 39.2 Å². The Kier molecular flexibility index (Phi) is 11.6. The standard InChI is InChI=1S/C53H45FN4O2/c1-4-59-47-34-42(49(54)48(35-47)60-38(2)3)37-57(46-32-30-39(36-55)31-33-46)52-56-50(40-20-10-5-11-21-40)51(41-22-12-6-13-23-41)58(52)53(43-24-14-7-15-25-43,44-26-16-8-17-27-44)45-28-18-9-19-29-45/h5-35,38H,4,37H2,1-3H3. The van der Waals surface area contributed by atoms with Gasteiger partial charge in [-0.2, -0.15) is 5.26 Å². The minimum Gasteiger partial charge on any atom is -0.494 e. The van der Waals surface area contributed by atoms with Crippen molar-refractivity contribution in [2.24, 2.45) is 0 Å². The van der Waals surface area contributed by atoms with Crippen LogP contribution in [0.25, 0.3) is 22.5 Å². The molecule has 1 aromatic heterocycles. The number of aromatic nitrogens is 2. The summed E-state index contributed by atoms with van der Waals surface area (Å²) in [6.45, 7) is 6.07. The fraction of sp³-hybridized carbons (Fsp3) is 0.132. The molecule has 1 heterocycles. The lowest BCUT2D eigenvalue weighted by Crippen LogP contribution is -2.40. The highest BCUT2D eigenvalue weighted by Gasteiger charge is 2.44. The molecule has 296 valence electrons. The Morgan fingerprint density at radius 2 is 1.18 bits per heavy atom. The average Bonchev–Trinajstić information content (AvgIpc) is 3.69. The summed E-state index contributed by atoms with van der Waals surface area (Å²) < 4.78 is 31.4. The highest BCUT2D eigenvalue weighted by atomic mass is 19.1. The quantitative estimate of drug-likeness (QED) is 0.103. The van der Waals surface area contributed by atoms with Gasteiger partial charge in [-0.1, -0.05) is 152 Å². The molecule has 8 aromatic rings. The predicted octanol–water partition coefficient (Wildman–Crippen LogP) is 12.6. The molecule has 0 bridgehead atoms. The second-order valence-electron chi connectivity index (χ2n) is 14.7. The smallest absolute Gasteiger partial charge is 0.212 e. The second-order valence-corrected chi connectivity index (χ2v) is 14.7. The van der Waals surface area contributed by atoms with E-state index < -0.39 is 11.4 Å². The highest BCUT2D eigenvalue weighted by Crippen LogP contribution is 2.50. The van der Waals surface area contributed by atoms with E-state index in [1.165, 1.54) is 0 Å². The summed E-state index contributed by atoms with van der Waals surface area (Å²) in [5, 5.41) is 9.90. The van der Waals surface area contributed by atoms with Gasteiger partial charge in [-0.05, 0) is 67.8 Å². The molecule has 0 fully saturated rings. The van der Waals surface area contributed by atoms with Gasteiger partial charge in [-0.25, -0.2) is 9.37 Å². The lowest BCUT2D eigenvalue weighted by atomic mass is 9.76. The normalized spacial score (nSPS) is 11.3. The van der Waals surface area contributed by atoms with E-state index in [2.05, 4.69) is 108 Å². The van der Waals surface area contributed by atoms with E-state index in [-0.39, 0.29) is 18.4 Å². The number of anilines is 2. The van der Waals surface area contributed by atoms with Crippen LogP contribution in [0, 0.1) is 17.1 Å². The monoisotopic (exact) mass is 788 g/mol. The zero-order valence-electron chi connectivity index (χ0n) is 33.9. The fourth-order valence-electron chi connectivity index (χ4n) is 7.99. The zero-order valence-corrected chi connectivity index (χ0v) is 33.9. The fourth-order valence-corrected chi connectivity index (χ4v) is 7.99. The van der Waals surface area contributed by atoms with Crippen molar-refractivity contribution in [2.75, 3.05) is 11.5 Å². The molecule has 8 rings (SSSR count). The molecular formula is C53H45FN4O2. The van der Waals surface area contributed by atoms with E-state index in [4.69, 9.17) is 14.5 Å². The Bertz CT molecular complexity index is 2600. The van der Waals surface area contributed by atoms with Crippen LogP contribution >= 0.6 is 0 Å². The molecule has 6 nitrogen and oxygen atoms in total. The van der Waals surface area contributed by atoms with Crippen molar-refractivity contribution in [1.29, 1.82) is 5.26 Å². The van der Waals surface area contributed by atoms with Gasteiger partial charge in [-0.3, -0.25) is 4.57 Å². The first-order chi connectivity index (χ1) is 29.4. The van der Waals surface area contributed by atoms with E-state index in [1.54, 1.807) is 24.3 Å². The summed E-state index contributed by atoms with van der Waals surface area (Å²) in [4.78, 5) is 7.75. The van der Waals surface area contributed by atoms with Gasteiger partial charge in [0.05, 0.1) is 42.3 Å². The third-order valence-corrected chi connectivity index (χ3v) is 10.5. The molecule has 7 aromatic carbocycles. The van der Waals surface area contributed by atoms with Gasteiger partial charge in [0.15, 0.2) is 11.6 Å².